The van der Waals surface area contributed by atoms with Gasteiger partial charge in [0.15, 0.2) is 0 Å². The molecule has 0 atom stereocenters. The molecule has 0 saturated carbocycles. The summed E-state index contributed by atoms with van der Waals surface area (Å²) in [6, 6.07) is 7.40. The largest absolute Gasteiger partial charge is 0.491 e. The zero-order chi connectivity index (χ0) is 12.7. The summed E-state index contributed by atoms with van der Waals surface area (Å²) in [5.74, 6) is 0.550. The summed E-state index contributed by atoms with van der Waals surface area (Å²) in [5, 5.41) is 0. The molecule has 0 amide bonds. The van der Waals surface area contributed by atoms with Gasteiger partial charge in [-0.15, -0.1) is 0 Å². The Labute approximate surface area is 113 Å². The number of hydrogen-bond donors (Lipinski definition) is 0. The average molecular weight is 344 g/mol. The number of hydrogen-bond acceptors (Lipinski definition) is 4. The van der Waals surface area contributed by atoms with Crippen LogP contribution in [-0.4, -0.2) is 34.0 Å². The van der Waals surface area contributed by atoms with Gasteiger partial charge in [0, 0.05) is 15.2 Å². The first-order valence-electron chi connectivity index (χ1n) is 4.86. The van der Waals surface area contributed by atoms with E-state index in [1.54, 1.807) is 0 Å². The summed E-state index contributed by atoms with van der Waals surface area (Å²) in [6.45, 7) is 0.766. The molecule has 0 aliphatic carbocycles. The fourth-order valence-electron chi connectivity index (χ4n) is 1.01. The van der Waals surface area contributed by atoms with Gasteiger partial charge >= 0.3 is 0 Å². The summed E-state index contributed by atoms with van der Waals surface area (Å²) in [6.07, 6.45) is 0. The molecule has 17 heavy (non-hydrogen) atoms. The fourth-order valence-corrected chi connectivity index (χ4v) is 1.78. The fraction of sp³-hybridized carbons (Fsp3) is 0.400. The first-order valence-corrected chi connectivity index (χ1v) is 8.13. The lowest BCUT2D eigenvalue weighted by Gasteiger charge is -2.06. The lowest BCUT2D eigenvalue weighted by atomic mass is 10.3. The van der Waals surface area contributed by atoms with Crippen molar-refractivity contribution in [1.29, 1.82) is 0 Å². The highest BCUT2D eigenvalue weighted by molar-refractivity contribution is 9.10. The van der Waals surface area contributed by atoms with Crippen molar-refractivity contribution in [2.75, 3.05) is 25.6 Å². The van der Waals surface area contributed by atoms with Crippen LogP contribution in [0.5, 0.6) is 5.75 Å². The molecule has 0 spiro atoms. The highest BCUT2D eigenvalue weighted by Crippen LogP contribution is 2.15. The van der Waals surface area contributed by atoms with Crippen molar-refractivity contribution in [2.45, 2.75) is 0 Å². The monoisotopic (exact) mass is 342 g/mol. The second kappa shape index (κ2) is 7.20. The third-order valence-corrected chi connectivity index (χ3v) is 3.43. The van der Waals surface area contributed by atoms with E-state index in [2.05, 4.69) is 15.9 Å². The van der Waals surface area contributed by atoms with Gasteiger partial charge in [0.05, 0.1) is 19.0 Å². The first kappa shape index (κ1) is 14.8. The van der Waals surface area contributed by atoms with E-state index >= 15 is 0 Å². The van der Waals surface area contributed by atoms with Gasteiger partial charge in [-0.25, -0.2) is 8.42 Å². The third kappa shape index (κ3) is 7.59. The Hall–Kier alpha value is -0.300. The molecule has 0 aliphatic heterocycles. The van der Waals surface area contributed by atoms with E-state index in [1.165, 1.54) is 0 Å². The minimum absolute atomic E-state index is 0.0789. The molecule has 7 heteroatoms. The Bertz CT molecular complexity index is 432. The van der Waals surface area contributed by atoms with Gasteiger partial charge in [-0.2, -0.15) is 0 Å². The Morgan fingerprint density at radius 1 is 1.12 bits per heavy atom. The lowest BCUT2D eigenvalue weighted by molar-refractivity contribution is 0.111. The summed E-state index contributed by atoms with van der Waals surface area (Å²) < 4.78 is 32.5. The van der Waals surface area contributed by atoms with Gasteiger partial charge in [-0.1, -0.05) is 15.9 Å². The standard InChI is InChI=1S/C10H12BrClO4S/c11-9-1-3-10(4-2-9)16-6-5-15-7-8-17(12,13)14/h1-4H,5-8H2. The Morgan fingerprint density at radius 2 is 1.76 bits per heavy atom. The minimum Gasteiger partial charge on any atom is -0.491 e. The molecule has 0 fully saturated rings. The van der Waals surface area contributed by atoms with Gasteiger partial charge in [-0.05, 0) is 24.3 Å². The van der Waals surface area contributed by atoms with Crippen LogP contribution in [0, 0.1) is 0 Å². The van der Waals surface area contributed by atoms with Crippen molar-refractivity contribution >= 4 is 35.7 Å². The number of halogens is 2. The highest BCUT2D eigenvalue weighted by Gasteiger charge is 2.03. The van der Waals surface area contributed by atoms with Crippen LogP contribution in [0.1, 0.15) is 0 Å². The Balaban J connectivity index is 2.10. The van der Waals surface area contributed by atoms with Crippen molar-refractivity contribution in [3.05, 3.63) is 28.7 Å². The molecule has 0 saturated heterocycles. The highest BCUT2D eigenvalue weighted by atomic mass is 79.9. The molecule has 0 heterocycles. The summed E-state index contributed by atoms with van der Waals surface area (Å²) in [5.41, 5.74) is 0. The minimum atomic E-state index is -3.47. The first-order chi connectivity index (χ1) is 7.97. The average Bonchev–Trinajstić information content (AvgIpc) is 2.24. The lowest BCUT2D eigenvalue weighted by Crippen LogP contribution is -2.11. The third-order valence-electron chi connectivity index (χ3n) is 1.78. The number of benzene rings is 1. The predicted molar refractivity (Wildman–Crippen MR) is 70.1 cm³/mol. The molecule has 1 aromatic carbocycles. The smallest absolute Gasteiger partial charge is 0.234 e. The van der Waals surface area contributed by atoms with Crippen LogP contribution in [-0.2, 0) is 13.8 Å². The van der Waals surface area contributed by atoms with Crippen LogP contribution in [0.4, 0.5) is 0 Å². The molecule has 0 unspecified atom stereocenters. The van der Waals surface area contributed by atoms with E-state index < -0.39 is 9.05 Å². The van der Waals surface area contributed by atoms with Gasteiger partial charge in [0.2, 0.25) is 9.05 Å². The van der Waals surface area contributed by atoms with Crippen molar-refractivity contribution in [3.63, 3.8) is 0 Å². The molecule has 0 N–H and O–H groups in total. The summed E-state index contributed by atoms with van der Waals surface area (Å²) in [4.78, 5) is 0. The van der Waals surface area contributed by atoms with E-state index in [0.717, 1.165) is 10.2 Å². The van der Waals surface area contributed by atoms with Gasteiger partial charge < -0.3 is 9.47 Å². The van der Waals surface area contributed by atoms with Gasteiger partial charge in [0.25, 0.3) is 0 Å². The van der Waals surface area contributed by atoms with E-state index in [4.69, 9.17) is 20.2 Å². The quantitative estimate of drug-likeness (QED) is 0.563. The number of ether oxygens (including phenoxy) is 2. The SMILES string of the molecule is O=S(=O)(Cl)CCOCCOc1ccc(Br)cc1. The molecular formula is C10H12BrClO4S. The predicted octanol–water partition coefficient (Wildman–Crippen LogP) is 2.41. The molecule has 0 radical (unpaired) electrons. The Kier molecular flexibility index (Phi) is 6.26. The zero-order valence-corrected chi connectivity index (χ0v) is 12.1. The Morgan fingerprint density at radius 3 is 2.35 bits per heavy atom. The molecule has 4 nitrogen and oxygen atoms in total. The molecule has 0 bridgehead atoms. The second-order valence-electron chi connectivity index (χ2n) is 3.16. The van der Waals surface area contributed by atoms with Crippen LogP contribution in [0.15, 0.2) is 28.7 Å². The molecule has 0 aromatic heterocycles. The maximum absolute atomic E-state index is 10.6. The van der Waals surface area contributed by atoms with Crippen molar-refractivity contribution in [2.24, 2.45) is 0 Å². The van der Waals surface area contributed by atoms with Crippen LogP contribution >= 0.6 is 26.6 Å². The summed E-state index contributed by atoms with van der Waals surface area (Å²) >= 11 is 3.32. The molecule has 96 valence electrons. The van der Waals surface area contributed by atoms with E-state index in [9.17, 15) is 8.42 Å². The number of rotatable bonds is 7. The van der Waals surface area contributed by atoms with Crippen LogP contribution in [0.2, 0.25) is 0 Å². The van der Waals surface area contributed by atoms with Gasteiger partial charge in [-0.3, -0.25) is 0 Å². The summed E-state index contributed by atoms with van der Waals surface area (Å²) in [7, 11) is 1.55. The van der Waals surface area contributed by atoms with E-state index in [-0.39, 0.29) is 12.4 Å². The molecular weight excluding hydrogens is 332 g/mol. The maximum Gasteiger partial charge on any atom is 0.234 e. The second-order valence-corrected chi connectivity index (χ2v) is 6.97. The topological polar surface area (TPSA) is 52.6 Å². The van der Waals surface area contributed by atoms with Gasteiger partial charge in [0.1, 0.15) is 12.4 Å². The molecule has 1 aromatic rings. The van der Waals surface area contributed by atoms with Crippen molar-refractivity contribution in [1.82, 2.24) is 0 Å². The van der Waals surface area contributed by atoms with Crippen LogP contribution in [0.3, 0.4) is 0 Å². The van der Waals surface area contributed by atoms with E-state index in [0.29, 0.717) is 13.2 Å². The van der Waals surface area contributed by atoms with Crippen LogP contribution < -0.4 is 4.74 Å². The van der Waals surface area contributed by atoms with Crippen LogP contribution in [0.25, 0.3) is 0 Å². The maximum atomic E-state index is 10.6. The normalized spacial score (nSPS) is 11.4. The molecule has 1 rings (SSSR count). The zero-order valence-electron chi connectivity index (χ0n) is 8.93. The van der Waals surface area contributed by atoms with Crippen molar-refractivity contribution in [3.8, 4) is 5.75 Å². The van der Waals surface area contributed by atoms with Crippen molar-refractivity contribution < 1.29 is 17.9 Å². The van der Waals surface area contributed by atoms with E-state index in [1.807, 2.05) is 24.3 Å². The molecule has 0 aliphatic rings.